The molecule has 1 aliphatic heterocycles. The summed E-state index contributed by atoms with van der Waals surface area (Å²) in [5, 5.41) is 9.09. The van der Waals surface area contributed by atoms with Crippen LogP contribution in [0.2, 0.25) is 0 Å². The third-order valence-corrected chi connectivity index (χ3v) is 6.14. The first kappa shape index (κ1) is 18.1. The summed E-state index contributed by atoms with van der Waals surface area (Å²) in [6, 6.07) is 5.79. The first-order valence-corrected chi connectivity index (χ1v) is 10.4. The second-order valence-corrected chi connectivity index (χ2v) is 8.12. The van der Waals surface area contributed by atoms with E-state index in [9.17, 15) is 0 Å². The van der Waals surface area contributed by atoms with Crippen LogP contribution in [0.5, 0.6) is 0 Å². The largest absolute Gasteiger partial charge is 0.424 e. The van der Waals surface area contributed by atoms with Gasteiger partial charge in [0.25, 0.3) is 6.01 Å². The fourth-order valence-electron chi connectivity index (χ4n) is 4.61. The van der Waals surface area contributed by atoms with Crippen molar-refractivity contribution in [3.63, 3.8) is 0 Å². The normalized spacial score (nSPS) is 20.8. The summed E-state index contributed by atoms with van der Waals surface area (Å²) in [7, 11) is 0. The zero-order valence-electron chi connectivity index (χ0n) is 16.8. The lowest BCUT2D eigenvalue weighted by molar-refractivity contribution is 0.350. The topological polar surface area (TPSA) is 134 Å². The van der Waals surface area contributed by atoms with Crippen LogP contribution in [0, 0.1) is 11.8 Å². The molecule has 156 valence electrons. The van der Waals surface area contributed by atoms with Crippen LogP contribution < -0.4 is 16.8 Å². The summed E-state index contributed by atoms with van der Waals surface area (Å²) in [4.78, 5) is 12.9. The maximum absolute atomic E-state index is 6.25. The van der Waals surface area contributed by atoms with Gasteiger partial charge in [0.05, 0.1) is 11.9 Å². The highest BCUT2D eigenvalue weighted by Crippen LogP contribution is 2.33. The Morgan fingerprint density at radius 2 is 2.13 bits per heavy atom. The summed E-state index contributed by atoms with van der Waals surface area (Å²) in [5.41, 5.74) is 16.8. The van der Waals surface area contributed by atoms with Crippen molar-refractivity contribution in [2.45, 2.75) is 13.0 Å². The smallest absolute Gasteiger partial charge is 0.292 e. The van der Waals surface area contributed by atoms with Crippen molar-refractivity contribution in [3.8, 4) is 11.3 Å². The number of nitrogen functional groups attached to an aromatic ring is 2. The third kappa shape index (κ3) is 3.05. The monoisotopic (exact) mass is 414 g/mol. The van der Waals surface area contributed by atoms with Gasteiger partial charge in [-0.15, -0.1) is 0 Å². The highest BCUT2D eigenvalue weighted by molar-refractivity contribution is 5.99. The molecule has 2 atom stereocenters. The fourth-order valence-corrected chi connectivity index (χ4v) is 4.61. The molecule has 0 bridgehead atoms. The van der Waals surface area contributed by atoms with E-state index in [1.54, 1.807) is 0 Å². The number of oxazole rings is 1. The van der Waals surface area contributed by atoms with Crippen LogP contribution in [0.25, 0.3) is 33.4 Å². The van der Waals surface area contributed by atoms with Crippen molar-refractivity contribution in [2.75, 3.05) is 24.6 Å². The maximum Gasteiger partial charge on any atom is 0.292 e. The van der Waals surface area contributed by atoms with E-state index >= 15 is 0 Å². The van der Waals surface area contributed by atoms with Crippen molar-refractivity contribution in [1.82, 2.24) is 30.0 Å². The quantitative estimate of drug-likeness (QED) is 0.466. The predicted molar refractivity (Wildman–Crippen MR) is 119 cm³/mol. The van der Waals surface area contributed by atoms with Gasteiger partial charge in [0.1, 0.15) is 23.4 Å². The molecule has 9 heteroatoms. The van der Waals surface area contributed by atoms with Crippen molar-refractivity contribution < 1.29 is 4.42 Å². The molecule has 4 heterocycles. The average Bonchev–Trinajstić information content (AvgIpc) is 3.33. The molecular weight excluding hydrogens is 392 g/mol. The number of fused-ring (bicyclic) bond motifs is 3. The number of rotatable bonds is 3. The van der Waals surface area contributed by atoms with E-state index < -0.39 is 0 Å². The Labute approximate surface area is 177 Å². The fraction of sp³-hybridized carbons (Fsp3) is 0.273. The van der Waals surface area contributed by atoms with Gasteiger partial charge in [-0.1, -0.05) is 18.2 Å². The molecule has 1 aromatic carbocycles. The van der Waals surface area contributed by atoms with Gasteiger partial charge < -0.3 is 21.2 Å². The molecule has 4 aromatic rings. The SMILES string of the molecule is Nc1nc2cc(-c3nn(CC4=CC5CCNCC5C=C4)c4ncnc(N)c34)ccc2o1. The summed E-state index contributed by atoms with van der Waals surface area (Å²) in [6.45, 7) is 2.73. The van der Waals surface area contributed by atoms with E-state index in [2.05, 4.69) is 38.5 Å². The van der Waals surface area contributed by atoms with Crippen LogP contribution in [0.15, 0.2) is 52.7 Å². The standard InChI is InChI=1S/C22H22N8O/c23-20-18-19(14-3-4-17-16(8-14)28-22(24)31-17)29-30(21(18)27-11-26-20)10-12-1-2-15-9-25-6-5-13(15)7-12/h1-4,7-8,11,13,15,25H,5-6,9-10H2,(H2,24,28)(H2,23,26,27). The van der Waals surface area contributed by atoms with Crippen molar-refractivity contribution in [3.05, 3.63) is 48.3 Å². The van der Waals surface area contributed by atoms with Crippen LogP contribution in [-0.2, 0) is 6.54 Å². The lowest BCUT2D eigenvalue weighted by Crippen LogP contribution is -2.36. The molecule has 0 spiro atoms. The van der Waals surface area contributed by atoms with Gasteiger partial charge in [-0.2, -0.15) is 10.1 Å². The second kappa shape index (κ2) is 6.92. The molecule has 0 radical (unpaired) electrons. The molecule has 31 heavy (non-hydrogen) atoms. The molecule has 6 rings (SSSR count). The zero-order chi connectivity index (χ0) is 20.9. The van der Waals surface area contributed by atoms with Crippen LogP contribution in [-0.4, -0.2) is 37.8 Å². The Morgan fingerprint density at radius 3 is 3.06 bits per heavy atom. The molecule has 1 fully saturated rings. The summed E-state index contributed by atoms with van der Waals surface area (Å²) in [5.74, 6) is 1.54. The van der Waals surface area contributed by atoms with E-state index in [1.807, 2.05) is 22.9 Å². The van der Waals surface area contributed by atoms with Crippen molar-refractivity contribution >= 4 is 34.0 Å². The second-order valence-electron chi connectivity index (χ2n) is 8.12. The lowest BCUT2D eigenvalue weighted by atomic mass is 9.81. The Balaban J connectivity index is 1.43. The molecular formula is C22H22N8O. The van der Waals surface area contributed by atoms with E-state index in [1.165, 1.54) is 11.9 Å². The zero-order valence-corrected chi connectivity index (χ0v) is 16.8. The molecule has 1 saturated heterocycles. The number of aromatic nitrogens is 5. The first-order valence-electron chi connectivity index (χ1n) is 10.4. The van der Waals surface area contributed by atoms with Gasteiger partial charge in [0.2, 0.25) is 0 Å². The maximum atomic E-state index is 6.25. The van der Waals surface area contributed by atoms with Crippen molar-refractivity contribution in [1.29, 1.82) is 0 Å². The molecule has 9 nitrogen and oxygen atoms in total. The number of nitrogens with two attached hydrogens (primary N) is 2. The predicted octanol–water partition coefficient (Wildman–Crippen LogP) is 2.52. The highest BCUT2D eigenvalue weighted by Gasteiger charge is 2.25. The first-order chi connectivity index (χ1) is 15.2. The molecule has 5 N–H and O–H groups in total. The minimum absolute atomic E-state index is 0.137. The molecule has 1 aliphatic carbocycles. The van der Waals surface area contributed by atoms with Crippen LogP contribution >= 0.6 is 0 Å². The van der Waals surface area contributed by atoms with E-state index in [0.29, 0.717) is 40.9 Å². The van der Waals surface area contributed by atoms with Gasteiger partial charge in [-0.05, 0) is 48.6 Å². The van der Waals surface area contributed by atoms with E-state index in [-0.39, 0.29) is 6.01 Å². The molecule has 3 aromatic heterocycles. The van der Waals surface area contributed by atoms with Crippen LogP contribution in [0.4, 0.5) is 11.8 Å². The number of nitrogens with zero attached hydrogens (tertiary/aromatic N) is 5. The molecule has 0 amide bonds. The summed E-state index contributed by atoms with van der Waals surface area (Å²) < 4.78 is 7.30. The van der Waals surface area contributed by atoms with Gasteiger partial charge >= 0.3 is 0 Å². The Bertz CT molecular complexity index is 1360. The number of hydrogen-bond donors (Lipinski definition) is 3. The van der Waals surface area contributed by atoms with E-state index in [0.717, 1.165) is 36.2 Å². The lowest BCUT2D eigenvalue weighted by Gasteiger charge is -2.31. The molecule has 0 saturated carbocycles. The third-order valence-electron chi connectivity index (χ3n) is 6.14. The minimum atomic E-state index is 0.137. The number of allylic oxidation sites excluding steroid dienone is 3. The van der Waals surface area contributed by atoms with Gasteiger partial charge in [-0.3, -0.25) is 0 Å². The average molecular weight is 414 g/mol. The van der Waals surface area contributed by atoms with Crippen LogP contribution in [0.1, 0.15) is 6.42 Å². The van der Waals surface area contributed by atoms with Crippen LogP contribution in [0.3, 0.4) is 0 Å². The van der Waals surface area contributed by atoms with Gasteiger partial charge in [-0.25, -0.2) is 14.6 Å². The van der Waals surface area contributed by atoms with Gasteiger partial charge in [0, 0.05) is 12.1 Å². The number of hydrogen-bond acceptors (Lipinski definition) is 8. The number of anilines is 2. The van der Waals surface area contributed by atoms with Crippen molar-refractivity contribution in [2.24, 2.45) is 11.8 Å². The summed E-state index contributed by atoms with van der Waals surface area (Å²) in [6.07, 6.45) is 9.53. The Hall–Kier alpha value is -3.72. The number of nitrogens with one attached hydrogen (secondary N) is 1. The highest BCUT2D eigenvalue weighted by atomic mass is 16.4. The van der Waals surface area contributed by atoms with E-state index in [4.69, 9.17) is 21.0 Å². The minimum Gasteiger partial charge on any atom is -0.424 e. The Kier molecular flexibility index (Phi) is 4.03. The molecule has 2 aliphatic rings. The molecule has 2 unspecified atom stereocenters. The summed E-state index contributed by atoms with van der Waals surface area (Å²) >= 11 is 0. The number of benzene rings is 1. The van der Waals surface area contributed by atoms with Gasteiger partial charge in [0.15, 0.2) is 11.2 Å². The Morgan fingerprint density at radius 1 is 1.19 bits per heavy atom. The number of piperidine rings is 1.